The first-order chi connectivity index (χ1) is 10.9. The molecule has 0 spiro atoms. The summed E-state index contributed by atoms with van der Waals surface area (Å²) in [5.74, 6) is 3.03. The fourth-order valence-electron chi connectivity index (χ4n) is 5.50. The van der Waals surface area contributed by atoms with Gasteiger partial charge < -0.3 is 4.74 Å². The van der Waals surface area contributed by atoms with Crippen LogP contribution in [0.5, 0.6) is 0 Å². The van der Waals surface area contributed by atoms with Crippen LogP contribution < -0.4 is 0 Å². The maximum absolute atomic E-state index is 12.4. The number of halogens is 3. The third-order valence-electron chi connectivity index (χ3n) is 6.58. The monoisotopic (exact) mass is 331 g/mol. The lowest BCUT2D eigenvalue weighted by molar-refractivity contribution is -0.152. The van der Waals surface area contributed by atoms with E-state index in [9.17, 15) is 18.0 Å². The second-order valence-electron chi connectivity index (χ2n) is 7.98. The van der Waals surface area contributed by atoms with Crippen LogP contribution in [0.1, 0.15) is 32.1 Å². The van der Waals surface area contributed by atoms with E-state index in [1.807, 2.05) is 0 Å². The summed E-state index contributed by atoms with van der Waals surface area (Å²) in [5, 5.41) is 0. The number of carbonyl (C=O) groups excluding carboxylic acids is 1. The highest BCUT2D eigenvalue weighted by molar-refractivity contribution is 5.77. The van der Waals surface area contributed by atoms with Gasteiger partial charge in [-0.15, -0.1) is 0 Å². The maximum atomic E-state index is 12.4. The molecule has 0 aromatic carbocycles. The van der Waals surface area contributed by atoms with E-state index in [4.69, 9.17) is 4.74 Å². The number of alkyl halides is 3. The van der Waals surface area contributed by atoms with Gasteiger partial charge in [-0.1, -0.05) is 0 Å². The molecule has 4 aliphatic rings. The van der Waals surface area contributed by atoms with E-state index >= 15 is 0 Å². The molecule has 3 saturated carbocycles. The number of rotatable bonds is 4. The number of ether oxygens (including phenoxy) is 1. The fourth-order valence-corrected chi connectivity index (χ4v) is 5.50. The van der Waals surface area contributed by atoms with Gasteiger partial charge in [0.1, 0.15) is 0 Å². The van der Waals surface area contributed by atoms with Gasteiger partial charge in [-0.3, -0.25) is 9.69 Å². The number of piperidine rings is 1. The number of hydrogen-bond acceptors (Lipinski definition) is 3. The van der Waals surface area contributed by atoms with Crippen molar-refractivity contribution >= 4 is 5.97 Å². The third kappa shape index (κ3) is 3.11. The molecule has 0 aromatic heterocycles. The van der Waals surface area contributed by atoms with Crippen molar-refractivity contribution in [3.8, 4) is 0 Å². The number of likely N-dealkylation sites (tertiary alicyclic amines) is 1. The first-order valence-corrected chi connectivity index (χ1v) is 8.88. The molecule has 4 rings (SSSR count). The minimum Gasteiger partial charge on any atom is -0.465 e. The van der Waals surface area contributed by atoms with Crippen LogP contribution in [0.2, 0.25) is 0 Å². The second-order valence-corrected chi connectivity index (χ2v) is 7.98. The summed E-state index contributed by atoms with van der Waals surface area (Å²) in [6.45, 7) is 0.457. The standard InChI is InChI=1S/C17H24F3NO2/c18-17(19,20)9-21-5-3-10(4-6-21)8-23-16(22)15-13-11-1-2-12(7-11)14(13)15/h10-15H,1-9H2/t11-,12-,13-,14+,15?/m0/s1. The summed E-state index contributed by atoms with van der Waals surface area (Å²) < 4.78 is 42.6. The molecule has 0 aromatic rings. The predicted molar refractivity (Wildman–Crippen MR) is 77.5 cm³/mol. The molecule has 130 valence electrons. The molecule has 0 N–H and O–H groups in total. The Hall–Kier alpha value is -0.780. The second kappa shape index (κ2) is 5.64. The first kappa shape index (κ1) is 15.7. The normalized spacial score (nSPS) is 40.2. The highest BCUT2D eigenvalue weighted by atomic mass is 19.4. The van der Waals surface area contributed by atoms with E-state index in [-0.39, 0.29) is 17.8 Å². The van der Waals surface area contributed by atoms with Crippen molar-refractivity contribution in [3.63, 3.8) is 0 Å². The summed E-state index contributed by atoms with van der Waals surface area (Å²) in [7, 11) is 0. The number of hydrogen-bond donors (Lipinski definition) is 0. The van der Waals surface area contributed by atoms with Crippen LogP contribution in [0.25, 0.3) is 0 Å². The van der Waals surface area contributed by atoms with Crippen molar-refractivity contribution < 1.29 is 22.7 Å². The average Bonchev–Trinajstić information content (AvgIpc) is 2.93. The minimum absolute atomic E-state index is 0.0330. The third-order valence-corrected chi connectivity index (χ3v) is 6.58. The van der Waals surface area contributed by atoms with Gasteiger partial charge in [0, 0.05) is 0 Å². The van der Waals surface area contributed by atoms with Gasteiger partial charge in [-0.25, -0.2) is 0 Å². The number of carbonyl (C=O) groups is 1. The van der Waals surface area contributed by atoms with Crippen molar-refractivity contribution in [2.45, 2.75) is 38.3 Å². The summed E-state index contributed by atoms with van der Waals surface area (Å²) >= 11 is 0. The van der Waals surface area contributed by atoms with Crippen LogP contribution in [0, 0.1) is 35.5 Å². The van der Waals surface area contributed by atoms with Crippen LogP contribution >= 0.6 is 0 Å². The lowest BCUT2D eigenvalue weighted by atomic mass is 9.97. The molecule has 1 saturated heterocycles. The van der Waals surface area contributed by atoms with E-state index in [1.165, 1.54) is 24.2 Å². The molecule has 4 fully saturated rings. The molecule has 1 unspecified atom stereocenters. The van der Waals surface area contributed by atoms with E-state index < -0.39 is 12.7 Å². The van der Waals surface area contributed by atoms with Crippen LogP contribution in [-0.4, -0.2) is 43.3 Å². The van der Waals surface area contributed by atoms with Crippen LogP contribution in [0.3, 0.4) is 0 Å². The molecule has 0 radical (unpaired) electrons. The van der Waals surface area contributed by atoms with E-state index in [2.05, 4.69) is 0 Å². The van der Waals surface area contributed by atoms with E-state index in [0.29, 0.717) is 44.4 Å². The van der Waals surface area contributed by atoms with Crippen molar-refractivity contribution in [1.29, 1.82) is 0 Å². The zero-order chi connectivity index (χ0) is 16.2. The zero-order valence-electron chi connectivity index (χ0n) is 13.2. The van der Waals surface area contributed by atoms with Crippen molar-refractivity contribution in [3.05, 3.63) is 0 Å². The lowest BCUT2D eigenvalue weighted by Crippen LogP contribution is -2.41. The number of esters is 1. The Labute approximate surface area is 134 Å². The van der Waals surface area contributed by atoms with Crippen LogP contribution in [-0.2, 0) is 9.53 Å². The Morgan fingerprint density at radius 2 is 1.65 bits per heavy atom. The fraction of sp³-hybridized carbons (Fsp3) is 0.941. The quantitative estimate of drug-likeness (QED) is 0.742. The Kier molecular flexibility index (Phi) is 3.86. The first-order valence-electron chi connectivity index (χ1n) is 8.88. The Morgan fingerprint density at radius 1 is 1.04 bits per heavy atom. The molecule has 1 heterocycles. The highest BCUT2D eigenvalue weighted by Gasteiger charge is 2.68. The molecule has 5 atom stereocenters. The molecular weight excluding hydrogens is 307 g/mol. The smallest absolute Gasteiger partial charge is 0.401 e. The van der Waals surface area contributed by atoms with Gasteiger partial charge in [0.15, 0.2) is 0 Å². The van der Waals surface area contributed by atoms with E-state index in [0.717, 1.165) is 11.8 Å². The van der Waals surface area contributed by atoms with Gasteiger partial charge in [-0.05, 0) is 74.8 Å². The van der Waals surface area contributed by atoms with Crippen LogP contribution in [0.4, 0.5) is 13.2 Å². The molecule has 0 amide bonds. The largest absolute Gasteiger partial charge is 0.465 e. The average molecular weight is 331 g/mol. The van der Waals surface area contributed by atoms with Crippen molar-refractivity contribution in [1.82, 2.24) is 4.90 Å². The van der Waals surface area contributed by atoms with Crippen molar-refractivity contribution in [2.75, 3.05) is 26.2 Å². The van der Waals surface area contributed by atoms with Gasteiger partial charge in [0.25, 0.3) is 0 Å². The molecular formula is C17H24F3NO2. The van der Waals surface area contributed by atoms with Gasteiger partial charge in [0.2, 0.25) is 0 Å². The van der Waals surface area contributed by atoms with Gasteiger partial charge >= 0.3 is 12.1 Å². The SMILES string of the molecule is O=C(OCC1CCN(CC(F)(F)F)CC1)C1[C@@H]2[C@H]3CC[C@@H](C3)[C@H]12. The van der Waals surface area contributed by atoms with Crippen molar-refractivity contribution in [2.24, 2.45) is 35.5 Å². The van der Waals surface area contributed by atoms with Gasteiger partial charge in [0.05, 0.1) is 19.1 Å². The highest BCUT2D eigenvalue weighted by Crippen LogP contribution is 2.69. The maximum Gasteiger partial charge on any atom is 0.401 e. The van der Waals surface area contributed by atoms with Gasteiger partial charge in [-0.2, -0.15) is 13.2 Å². The Bertz CT molecular complexity index is 457. The summed E-state index contributed by atoms with van der Waals surface area (Å²) in [5.41, 5.74) is 0. The summed E-state index contributed by atoms with van der Waals surface area (Å²) in [6, 6.07) is 0. The number of nitrogens with zero attached hydrogens (tertiary/aromatic N) is 1. The molecule has 23 heavy (non-hydrogen) atoms. The Morgan fingerprint density at radius 3 is 2.22 bits per heavy atom. The minimum atomic E-state index is -4.12. The Balaban J connectivity index is 1.18. The summed E-state index contributed by atoms with van der Waals surface area (Å²) in [4.78, 5) is 13.7. The predicted octanol–water partition coefficient (Wildman–Crippen LogP) is 3.10. The molecule has 2 bridgehead atoms. The van der Waals surface area contributed by atoms with E-state index in [1.54, 1.807) is 0 Å². The molecule has 1 aliphatic heterocycles. The van der Waals surface area contributed by atoms with Crippen LogP contribution in [0.15, 0.2) is 0 Å². The topological polar surface area (TPSA) is 29.5 Å². The molecule has 6 heteroatoms. The summed E-state index contributed by atoms with van der Waals surface area (Å²) in [6.07, 6.45) is 1.14. The zero-order valence-corrected chi connectivity index (χ0v) is 13.2. The number of fused-ring (bicyclic) bond motifs is 5. The molecule has 3 aliphatic carbocycles. The molecule has 3 nitrogen and oxygen atoms in total. The lowest BCUT2D eigenvalue weighted by Gasteiger charge is -2.32.